The number of H-pyrrole nitrogens is 1. The van der Waals surface area contributed by atoms with E-state index in [-0.39, 0.29) is 16.8 Å². The van der Waals surface area contributed by atoms with Crippen LogP contribution in [0.15, 0.2) is 52.3 Å². The van der Waals surface area contributed by atoms with Gasteiger partial charge in [-0.2, -0.15) is 0 Å². The zero-order valence-corrected chi connectivity index (χ0v) is 11.4. The third kappa shape index (κ3) is 2.28. The highest BCUT2D eigenvalue weighted by atomic mass is 35.5. The molecule has 0 aliphatic rings. The standard InChI is InChI=1S/C15H9ClN2O3/c16-9-3-4-10-11(6-9)18-15(21)14(20)12(13(10)19)8-2-1-5-17-7-8/h1-7,19H,(H,18,20,21). The van der Waals surface area contributed by atoms with Crippen LogP contribution >= 0.6 is 11.6 Å². The molecule has 5 nitrogen and oxygen atoms in total. The number of rotatable bonds is 1. The van der Waals surface area contributed by atoms with Crippen LogP contribution in [-0.4, -0.2) is 15.1 Å². The Kier molecular flexibility index (Phi) is 3.19. The van der Waals surface area contributed by atoms with Crippen molar-refractivity contribution in [3.05, 3.63) is 68.3 Å². The number of hydrogen-bond donors (Lipinski definition) is 2. The van der Waals surface area contributed by atoms with Crippen molar-refractivity contribution in [2.24, 2.45) is 0 Å². The quantitative estimate of drug-likeness (QED) is 0.676. The molecule has 2 heterocycles. The number of aromatic hydroxyl groups is 1. The zero-order valence-electron chi connectivity index (χ0n) is 10.6. The minimum Gasteiger partial charge on any atom is -0.506 e. The van der Waals surface area contributed by atoms with E-state index in [4.69, 9.17) is 11.6 Å². The smallest absolute Gasteiger partial charge is 0.296 e. The Hall–Kier alpha value is -2.66. The largest absolute Gasteiger partial charge is 0.506 e. The number of halogens is 1. The number of aromatic amines is 1. The maximum absolute atomic E-state index is 12.2. The van der Waals surface area contributed by atoms with E-state index in [1.54, 1.807) is 24.3 Å². The van der Waals surface area contributed by atoms with Crippen LogP contribution in [-0.2, 0) is 0 Å². The number of fused-ring (bicyclic) bond motifs is 1. The first-order chi connectivity index (χ1) is 10.1. The van der Waals surface area contributed by atoms with E-state index in [1.165, 1.54) is 18.5 Å². The first-order valence-electron chi connectivity index (χ1n) is 6.07. The number of pyridine rings is 1. The first-order valence-corrected chi connectivity index (χ1v) is 6.45. The monoisotopic (exact) mass is 300 g/mol. The van der Waals surface area contributed by atoms with Crippen LogP contribution in [0.25, 0.3) is 22.0 Å². The van der Waals surface area contributed by atoms with Crippen molar-refractivity contribution in [2.45, 2.75) is 0 Å². The Morgan fingerprint density at radius 3 is 2.71 bits per heavy atom. The molecular weight excluding hydrogens is 292 g/mol. The maximum atomic E-state index is 12.2. The molecule has 0 bridgehead atoms. The van der Waals surface area contributed by atoms with Gasteiger partial charge in [0.25, 0.3) is 11.0 Å². The van der Waals surface area contributed by atoms with E-state index in [0.717, 1.165) is 0 Å². The van der Waals surface area contributed by atoms with Gasteiger partial charge in [-0.25, -0.2) is 0 Å². The Labute approximate surface area is 123 Å². The molecule has 2 aromatic heterocycles. The summed E-state index contributed by atoms with van der Waals surface area (Å²) in [5.74, 6) is -0.280. The fraction of sp³-hybridized carbons (Fsp3) is 0. The summed E-state index contributed by atoms with van der Waals surface area (Å²) in [7, 11) is 0. The molecule has 0 aliphatic heterocycles. The van der Waals surface area contributed by atoms with Gasteiger partial charge in [-0.3, -0.25) is 14.6 Å². The highest BCUT2D eigenvalue weighted by molar-refractivity contribution is 6.31. The van der Waals surface area contributed by atoms with Crippen LogP contribution in [0.3, 0.4) is 0 Å². The molecule has 0 fully saturated rings. The predicted octanol–water partition coefficient (Wildman–Crippen LogP) is 2.31. The summed E-state index contributed by atoms with van der Waals surface area (Å²) < 4.78 is 0. The Morgan fingerprint density at radius 2 is 2.00 bits per heavy atom. The molecular formula is C15H9ClN2O3. The molecule has 0 aliphatic carbocycles. The minimum atomic E-state index is -0.832. The van der Waals surface area contributed by atoms with Crippen molar-refractivity contribution in [3.63, 3.8) is 0 Å². The average molecular weight is 301 g/mol. The number of benzene rings is 1. The van der Waals surface area contributed by atoms with Gasteiger partial charge in [0.15, 0.2) is 0 Å². The first kappa shape index (κ1) is 13.3. The van der Waals surface area contributed by atoms with Crippen molar-refractivity contribution in [1.29, 1.82) is 0 Å². The van der Waals surface area contributed by atoms with Gasteiger partial charge in [-0.15, -0.1) is 0 Å². The van der Waals surface area contributed by atoms with Crippen molar-refractivity contribution in [3.8, 4) is 16.9 Å². The van der Waals surface area contributed by atoms with Gasteiger partial charge in [0.2, 0.25) is 0 Å². The van der Waals surface area contributed by atoms with Crippen molar-refractivity contribution in [2.75, 3.05) is 0 Å². The van der Waals surface area contributed by atoms with Gasteiger partial charge in [0.1, 0.15) is 5.75 Å². The van der Waals surface area contributed by atoms with Crippen molar-refractivity contribution < 1.29 is 5.11 Å². The molecule has 1 aromatic carbocycles. The van der Waals surface area contributed by atoms with E-state index in [1.807, 2.05) is 0 Å². The summed E-state index contributed by atoms with van der Waals surface area (Å²) >= 11 is 5.87. The molecule has 3 rings (SSSR count). The fourth-order valence-electron chi connectivity index (χ4n) is 2.14. The summed E-state index contributed by atoms with van der Waals surface area (Å²) in [4.78, 5) is 30.5. The number of nitrogens with one attached hydrogen (secondary N) is 1. The SMILES string of the molecule is O=c1[nH]c2cc(Cl)ccc2c(O)c(-c2cccnc2)c1=O. The van der Waals surface area contributed by atoms with E-state index in [2.05, 4.69) is 9.97 Å². The minimum absolute atomic E-state index is 0.0818. The number of hydrogen-bond acceptors (Lipinski definition) is 4. The molecule has 0 amide bonds. The Balaban J connectivity index is 2.55. The summed E-state index contributed by atoms with van der Waals surface area (Å²) in [5, 5.41) is 11.1. The van der Waals surface area contributed by atoms with Gasteiger partial charge in [0, 0.05) is 28.4 Å². The van der Waals surface area contributed by atoms with E-state index in [0.29, 0.717) is 16.0 Å². The highest BCUT2D eigenvalue weighted by Gasteiger charge is 2.14. The summed E-state index contributed by atoms with van der Waals surface area (Å²) in [6.07, 6.45) is 2.95. The number of nitrogens with zero attached hydrogens (tertiary/aromatic N) is 1. The van der Waals surface area contributed by atoms with Crippen molar-refractivity contribution >= 4 is 22.5 Å². The predicted molar refractivity (Wildman–Crippen MR) is 80.7 cm³/mol. The second-order valence-corrected chi connectivity index (χ2v) is 4.87. The molecule has 0 saturated heterocycles. The molecule has 104 valence electrons. The van der Waals surface area contributed by atoms with Gasteiger partial charge in [-0.05, 0) is 24.3 Å². The normalized spacial score (nSPS) is 10.7. The summed E-state index contributed by atoms with van der Waals surface area (Å²) in [5.41, 5.74) is -1.08. The lowest BCUT2D eigenvalue weighted by Gasteiger charge is -2.01. The number of aromatic nitrogens is 2. The lowest BCUT2D eigenvalue weighted by Crippen LogP contribution is -2.24. The molecule has 21 heavy (non-hydrogen) atoms. The van der Waals surface area contributed by atoms with E-state index < -0.39 is 11.0 Å². The zero-order chi connectivity index (χ0) is 15.0. The molecule has 3 aromatic rings. The van der Waals surface area contributed by atoms with Crippen LogP contribution in [0.1, 0.15) is 0 Å². The third-order valence-electron chi connectivity index (χ3n) is 3.11. The molecule has 0 atom stereocenters. The van der Waals surface area contributed by atoms with Crippen LogP contribution in [0.2, 0.25) is 5.02 Å². The fourth-order valence-corrected chi connectivity index (χ4v) is 2.31. The van der Waals surface area contributed by atoms with Gasteiger partial charge >= 0.3 is 0 Å². The molecule has 0 radical (unpaired) electrons. The van der Waals surface area contributed by atoms with Gasteiger partial charge < -0.3 is 10.1 Å². The lowest BCUT2D eigenvalue weighted by molar-refractivity contribution is 0.483. The van der Waals surface area contributed by atoms with Crippen molar-refractivity contribution in [1.82, 2.24) is 9.97 Å². The Morgan fingerprint density at radius 1 is 1.19 bits per heavy atom. The molecule has 2 N–H and O–H groups in total. The van der Waals surface area contributed by atoms with E-state index >= 15 is 0 Å². The van der Waals surface area contributed by atoms with Crippen LogP contribution in [0.5, 0.6) is 5.75 Å². The summed E-state index contributed by atoms with van der Waals surface area (Å²) in [6.45, 7) is 0. The van der Waals surface area contributed by atoms with E-state index in [9.17, 15) is 14.7 Å². The van der Waals surface area contributed by atoms with Crippen LogP contribution < -0.4 is 11.0 Å². The lowest BCUT2D eigenvalue weighted by atomic mass is 10.1. The average Bonchev–Trinajstić information content (AvgIpc) is 2.56. The maximum Gasteiger partial charge on any atom is 0.296 e. The summed E-state index contributed by atoms with van der Waals surface area (Å²) in [6, 6.07) is 7.81. The molecule has 0 spiro atoms. The second-order valence-electron chi connectivity index (χ2n) is 4.44. The Bertz CT molecular complexity index is 952. The topological polar surface area (TPSA) is 83.1 Å². The second kappa shape index (κ2) is 5.03. The highest BCUT2D eigenvalue weighted by Crippen LogP contribution is 2.31. The molecule has 6 heteroatoms. The van der Waals surface area contributed by atoms with Gasteiger partial charge in [-0.1, -0.05) is 17.7 Å². The van der Waals surface area contributed by atoms with Crippen LogP contribution in [0, 0.1) is 0 Å². The molecule has 0 unspecified atom stereocenters. The molecule has 0 saturated carbocycles. The van der Waals surface area contributed by atoms with Crippen LogP contribution in [0.4, 0.5) is 0 Å². The van der Waals surface area contributed by atoms with Gasteiger partial charge in [0.05, 0.1) is 11.1 Å². The third-order valence-corrected chi connectivity index (χ3v) is 3.34.